The summed E-state index contributed by atoms with van der Waals surface area (Å²) in [4.78, 5) is 0. The van der Waals surface area contributed by atoms with Crippen LogP contribution in [0.3, 0.4) is 0 Å². The van der Waals surface area contributed by atoms with Crippen LogP contribution in [0.25, 0.3) is 0 Å². The first-order chi connectivity index (χ1) is 8.08. The van der Waals surface area contributed by atoms with E-state index in [2.05, 4.69) is 5.16 Å². The molecule has 0 bridgehead atoms. The zero-order valence-corrected chi connectivity index (χ0v) is 10.7. The Morgan fingerprint density at radius 1 is 1.47 bits per heavy atom. The predicted molar refractivity (Wildman–Crippen MR) is 67.1 cm³/mol. The molecular weight excluding hydrogens is 218 g/mol. The van der Waals surface area contributed by atoms with Crippen LogP contribution in [0.5, 0.6) is 5.75 Å². The number of hydrogen-bond acceptors (Lipinski definition) is 4. The minimum atomic E-state index is 0.0236. The van der Waals surface area contributed by atoms with Crippen LogP contribution in [0.15, 0.2) is 23.4 Å². The number of nitrogens with zero attached hydrogens (tertiary/aromatic N) is 1. The SMILES string of the molecule is COC(C)COc1ccc(C)cc1/C(C)=N/O. The molecule has 0 aliphatic carbocycles. The van der Waals surface area contributed by atoms with Crippen molar-refractivity contribution in [1.82, 2.24) is 0 Å². The van der Waals surface area contributed by atoms with Gasteiger partial charge in [-0.25, -0.2) is 0 Å². The summed E-state index contributed by atoms with van der Waals surface area (Å²) in [6, 6.07) is 5.77. The van der Waals surface area contributed by atoms with Crippen LogP contribution in [0.1, 0.15) is 25.0 Å². The summed E-state index contributed by atoms with van der Waals surface area (Å²) in [5, 5.41) is 12.0. The molecule has 0 saturated carbocycles. The van der Waals surface area contributed by atoms with Gasteiger partial charge in [0, 0.05) is 12.7 Å². The van der Waals surface area contributed by atoms with Gasteiger partial charge >= 0.3 is 0 Å². The van der Waals surface area contributed by atoms with Gasteiger partial charge in [0.25, 0.3) is 0 Å². The zero-order valence-electron chi connectivity index (χ0n) is 10.7. The molecule has 17 heavy (non-hydrogen) atoms. The van der Waals surface area contributed by atoms with Gasteiger partial charge in [-0.05, 0) is 32.9 Å². The van der Waals surface area contributed by atoms with Gasteiger partial charge < -0.3 is 14.7 Å². The summed E-state index contributed by atoms with van der Waals surface area (Å²) in [6.07, 6.45) is 0.0236. The highest BCUT2D eigenvalue weighted by Gasteiger charge is 2.09. The van der Waals surface area contributed by atoms with Gasteiger partial charge in [-0.1, -0.05) is 16.8 Å². The first-order valence-corrected chi connectivity index (χ1v) is 5.53. The Labute approximate surface area is 102 Å². The predicted octanol–water partition coefficient (Wildman–Crippen LogP) is 2.61. The Morgan fingerprint density at radius 3 is 2.76 bits per heavy atom. The lowest BCUT2D eigenvalue weighted by atomic mass is 10.1. The monoisotopic (exact) mass is 237 g/mol. The quantitative estimate of drug-likeness (QED) is 0.486. The second-order valence-corrected chi connectivity index (χ2v) is 4.04. The fourth-order valence-corrected chi connectivity index (χ4v) is 1.38. The molecule has 0 heterocycles. The van der Waals surface area contributed by atoms with Crippen LogP contribution < -0.4 is 4.74 Å². The first-order valence-electron chi connectivity index (χ1n) is 5.53. The molecule has 4 heteroatoms. The number of ether oxygens (including phenoxy) is 2. The molecule has 1 atom stereocenters. The van der Waals surface area contributed by atoms with Crippen molar-refractivity contribution in [2.45, 2.75) is 26.9 Å². The van der Waals surface area contributed by atoms with Crippen LogP contribution in [0.2, 0.25) is 0 Å². The molecule has 0 fully saturated rings. The average molecular weight is 237 g/mol. The van der Waals surface area contributed by atoms with E-state index in [0.29, 0.717) is 18.1 Å². The van der Waals surface area contributed by atoms with Gasteiger partial charge in [-0.3, -0.25) is 0 Å². The van der Waals surface area contributed by atoms with E-state index in [1.807, 2.05) is 32.0 Å². The molecule has 0 amide bonds. The van der Waals surface area contributed by atoms with Crippen molar-refractivity contribution in [2.75, 3.05) is 13.7 Å². The van der Waals surface area contributed by atoms with Crippen LogP contribution in [-0.2, 0) is 4.74 Å². The van der Waals surface area contributed by atoms with Gasteiger partial charge in [0.15, 0.2) is 0 Å². The molecule has 94 valence electrons. The molecular formula is C13H19NO3. The van der Waals surface area contributed by atoms with Crippen molar-refractivity contribution in [2.24, 2.45) is 5.16 Å². The topological polar surface area (TPSA) is 51.0 Å². The van der Waals surface area contributed by atoms with Crippen LogP contribution >= 0.6 is 0 Å². The first kappa shape index (κ1) is 13.5. The largest absolute Gasteiger partial charge is 0.490 e. The van der Waals surface area contributed by atoms with Crippen LogP contribution in [0, 0.1) is 6.92 Å². The molecule has 1 rings (SSSR count). The summed E-state index contributed by atoms with van der Waals surface area (Å²) < 4.78 is 10.8. The third kappa shape index (κ3) is 3.75. The number of benzene rings is 1. The number of oxime groups is 1. The fraction of sp³-hybridized carbons (Fsp3) is 0.462. The summed E-state index contributed by atoms with van der Waals surface area (Å²) in [5.41, 5.74) is 2.43. The molecule has 1 aromatic rings. The molecule has 0 spiro atoms. The summed E-state index contributed by atoms with van der Waals surface area (Å²) in [5.74, 6) is 0.704. The van der Waals surface area contributed by atoms with Gasteiger partial charge in [0.05, 0.1) is 11.8 Å². The molecule has 0 saturated heterocycles. The standard InChI is InChI=1S/C13H19NO3/c1-9-5-6-13(17-8-10(2)16-4)12(7-9)11(3)14-15/h5-7,10,15H,8H2,1-4H3/b14-11+. The van der Waals surface area contributed by atoms with E-state index in [0.717, 1.165) is 11.1 Å². The average Bonchev–Trinajstić information content (AvgIpc) is 2.35. The van der Waals surface area contributed by atoms with Crippen molar-refractivity contribution in [1.29, 1.82) is 0 Å². The van der Waals surface area contributed by atoms with Crippen molar-refractivity contribution in [3.8, 4) is 5.75 Å². The molecule has 1 unspecified atom stereocenters. The van der Waals surface area contributed by atoms with E-state index in [-0.39, 0.29) is 6.10 Å². The Morgan fingerprint density at radius 2 is 2.18 bits per heavy atom. The van der Waals surface area contributed by atoms with E-state index < -0.39 is 0 Å². The maximum atomic E-state index is 8.83. The maximum Gasteiger partial charge on any atom is 0.128 e. The number of aryl methyl sites for hydroxylation is 1. The van der Waals surface area contributed by atoms with Gasteiger partial charge in [-0.15, -0.1) is 0 Å². The van der Waals surface area contributed by atoms with E-state index in [9.17, 15) is 0 Å². The van der Waals surface area contributed by atoms with Crippen molar-refractivity contribution >= 4 is 5.71 Å². The van der Waals surface area contributed by atoms with Gasteiger partial charge in [-0.2, -0.15) is 0 Å². The number of rotatable bonds is 5. The van der Waals surface area contributed by atoms with Crippen LogP contribution in [0.4, 0.5) is 0 Å². The minimum absolute atomic E-state index is 0.0236. The normalized spacial score (nSPS) is 13.5. The van der Waals surface area contributed by atoms with Gasteiger partial charge in [0.2, 0.25) is 0 Å². The summed E-state index contributed by atoms with van der Waals surface area (Å²) in [7, 11) is 1.64. The van der Waals surface area contributed by atoms with Crippen LogP contribution in [-0.4, -0.2) is 30.7 Å². The highest BCUT2D eigenvalue weighted by molar-refractivity contribution is 6.00. The lowest BCUT2D eigenvalue weighted by Crippen LogP contribution is -2.17. The third-order valence-corrected chi connectivity index (χ3v) is 2.55. The minimum Gasteiger partial charge on any atom is -0.490 e. The number of methoxy groups -OCH3 is 1. The number of hydrogen-bond donors (Lipinski definition) is 1. The van der Waals surface area contributed by atoms with E-state index >= 15 is 0 Å². The molecule has 1 N–H and O–H groups in total. The third-order valence-electron chi connectivity index (χ3n) is 2.55. The lowest BCUT2D eigenvalue weighted by molar-refractivity contribution is 0.0716. The summed E-state index contributed by atoms with van der Waals surface area (Å²) >= 11 is 0. The second kappa shape index (κ2) is 6.25. The van der Waals surface area contributed by atoms with Crippen molar-refractivity contribution < 1.29 is 14.7 Å². The van der Waals surface area contributed by atoms with Gasteiger partial charge in [0.1, 0.15) is 12.4 Å². The summed E-state index contributed by atoms with van der Waals surface area (Å²) in [6.45, 7) is 6.11. The van der Waals surface area contributed by atoms with E-state index in [4.69, 9.17) is 14.7 Å². The van der Waals surface area contributed by atoms with Crippen molar-refractivity contribution in [3.05, 3.63) is 29.3 Å². The molecule has 0 radical (unpaired) electrons. The lowest BCUT2D eigenvalue weighted by Gasteiger charge is -2.14. The Kier molecular flexibility index (Phi) is 4.97. The highest BCUT2D eigenvalue weighted by atomic mass is 16.5. The fourth-order valence-electron chi connectivity index (χ4n) is 1.38. The maximum absolute atomic E-state index is 8.83. The Bertz CT molecular complexity index is 402. The van der Waals surface area contributed by atoms with Crippen molar-refractivity contribution in [3.63, 3.8) is 0 Å². The molecule has 0 aromatic heterocycles. The zero-order chi connectivity index (χ0) is 12.8. The Balaban J connectivity index is 2.91. The van der Waals surface area contributed by atoms with E-state index in [1.165, 1.54) is 0 Å². The second-order valence-electron chi connectivity index (χ2n) is 4.04. The molecule has 0 aliphatic rings. The smallest absolute Gasteiger partial charge is 0.128 e. The Hall–Kier alpha value is -1.55. The molecule has 0 aliphatic heterocycles. The highest BCUT2D eigenvalue weighted by Crippen LogP contribution is 2.21. The van der Waals surface area contributed by atoms with E-state index in [1.54, 1.807) is 14.0 Å². The molecule has 1 aromatic carbocycles. The molecule has 4 nitrogen and oxygen atoms in total.